The predicted octanol–water partition coefficient (Wildman–Crippen LogP) is 5.25. The lowest BCUT2D eigenvalue weighted by Crippen LogP contribution is -2.33. The number of anilines is 1. The fraction of sp³-hybridized carbons (Fsp3) is 0.120. The zero-order chi connectivity index (χ0) is 21.2. The van der Waals surface area contributed by atoms with Gasteiger partial charge in [0.15, 0.2) is 11.5 Å². The SMILES string of the molecule is Cc1ccc(S(=O)(=O)N2Cc3cc4c(cc3-c3ccc5ccccc5c32)OCO4)cc1. The number of sulfonamides is 1. The first kappa shape index (κ1) is 18.3. The summed E-state index contributed by atoms with van der Waals surface area (Å²) in [6.07, 6.45) is 0. The number of rotatable bonds is 2. The minimum Gasteiger partial charge on any atom is -0.454 e. The highest BCUT2D eigenvalue weighted by Gasteiger charge is 2.34. The summed E-state index contributed by atoms with van der Waals surface area (Å²) in [6, 6.07) is 22.8. The van der Waals surface area contributed by atoms with Gasteiger partial charge in [0.05, 0.1) is 17.1 Å². The zero-order valence-corrected chi connectivity index (χ0v) is 17.6. The molecule has 0 amide bonds. The number of hydrogen-bond acceptors (Lipinski definition) is 4. The number of ether oxygens (including phenoxy) is 2. The Bertz CT molecular complexity index is 1460. The van der Waals surface area contributed by atoms with Gasteiger partial charge in [-0.1, -0.05) is 54.1 Å². The van der Waals surface area contributed by atoms with Gasteiger partial charge in [0, 0.05) is 10.9 Å². The quantitative estimate of drug-likeness (QED) is 0.437. The Kier molecular flexibility index (Phi) is 3.83. The summed E-state index contributed by atoms with van der Waals surface area (Å²) in [5.74, 6) is 1.34. The monoisotopic (exact) mass is 429 g/mol. The van der Waals surface area contributed by atoms with Gasteiger partial charge in [0.2, 0.25) is 6.79 Å². The van der Waals surface area contributed by atoms with Crippen molar-refractivity contribution in [2.75, 3.05) is 11.1 Å². The Morgan fingerprint density at radius 1 is 0.839 bits per heavy atom. The molecule has 4 aromatic carbocycles. The molecule has 0 fully saturated rings. The van der Waals surface area contributed by atoms with E-state index in [1.165, 1.54) is 4.31 Å². The van der Waals surface area contributed by atoms with Crippen LogP contribution in [0.4, 0.5) is 5.69 Å². The van der Waals surface area contributed by atoms with Crippen LogP contribution in [0.3, 0.4) is 0 Å². The van der Waals surface area contributed by atoms with Crippen LogP contribution in [0.2, 0.25) is 0 Å². The van der Waals surface area contributed by atoms with Gasteiger partial charge < -0.3 is 9.47 Å². The molecule has 2 aliphatic heterocycles. The maximum absolute atomic E-state index is 13.8. The molecule has 6 heteroatoms. The zero-order valence-electron chi connectivity index (χ0n) is 16.8. The lowest BCUT2D eigenvalue weighted by atomic mass is 9.91. The van der Waals surface area contributed by atoms with Gasteiger partial charge in [-0.15, -0.1) is 0 Å². The van der Waals surface area contributed by atoms with Crippen LogP contribution < -0.4 is 13.8 Å². The van der Waals surface area contributed by atoms with Gasteiger partial charge in [-0.2, -0.15) is 0 Å². The van der Waals surface area contributed by atoms with E-state index in [4.69, 9.17) is 9.47 Å². The van der Waals surface area contributed by atoms with Crippen LogP contribution in [0.5, 0.6) is 11.5 Å². The third-order valence-electron chi connectivity index (χ3n) is 5.96. The Labute approximate surface area is 180 Å². The van der Waals surface area contributed by atoms with E-state index in [0.717, 1.165) is 33.0 Å². The summed E-state index contributed by atoms with van der Waals surface area (Å²) in [5, 5.41) is 1.90. The minimum atomic E-state index is -3.78. The average Bonchev–Trinajstić information content (AvgIpc) is 3.24. The standard InChI is InChI=1S/C25H19NO4S/c1-16-6-9-19(10-7-16)31(27,28)26-14-18-12-23-24(30-15-29-23)13-22(18)21-11-8-17-4-2-3-5-20(17)25(21)26/h2-13H,14-15H2,1H3. The number of fused-ring (bicyclic) bond motifs is 6. The van der Waals surface area contributed by atoms with Gasteiger partial charge in [0.25, 0.3) is 10.0 Å². The predicted molar refractivity (Wildman–Crippen MR) is 120 cm³/mol. The molecule has 0 aliphatic carbocycles. The Balaban J connectivity index is 1.64. The molecule has 0 saturated heterocycles. The number of nitrogens with zero attached hydrogens (tertiary/aromatic N) is 1. The van der Waals surface area contributed by atoms with Crippen molar-refractivity contribution in [1.82, 2.24) is 0 Å². The van der Waals surface area contributed by atoms with Crippen molar-refractivity contribution in [2.24, 2.45) is 0 Å². The lowest BCUT2D eigenvalue weighted by Gasteiger charge is -2.33. The minimum absolute atomic E-state index is 0.175. The molecule has 2 heterocycles. The fourth-order valence-electron chi connectivity index (χ4n) is 4.38. The van der Waals surface area contributed by atoms with E-state index in [0.29, 0.717) is 17.2 Å². The summed E-state index contributed by atoms with van der Waals surface area (Å²) < 4.78 is 40.3. The molecule has 0 bridgehead atoms. The van der Waals surface area contributed by atoms with Crippen molar-refractivity contribution in [1.29, 1.82) is 0 Å². The van der Waals surface area contributed by atoms with Crippen molar-refractivity contribution < 1.29 is 17.9 Å². The van der Waals surface area contributed by atoms with Gasteiger partial charge >= 0.3 is 0 Å². The lowest BCUT2D eigenvalue weighted by molar-refractivity contribution is 0.174. The van der Waals surface area contributed by atoms with Gasteiger partial charge in [-0.05, 0) is 47.7 Å². The van der Waals surface area contributed by atoms with Crippen LogP contribution in [0.25, 0.3) is 21.9 Å². The third-order valence-corrected chi connectivity index (χ3v) is 7.72. The average molecular weight is 429 g/mol. The van der Waals surface area contributed by atoms with E-state index in [9.17, 15) is 8.42 Å². The van der Waals surface area contributed by atoms with E-state index >= 15 is 0 Å². The molecule has 0 atom stereocenters. The van der Waals surface area contributed by atoms with E-state index < -0.39 is 10.0 Å². The summed E-state index contributed by atoms with van der Waals surface area (Å²) >= 11 is 0. The Morgan fingerprint density at radius 2 is 1.58 bits per heavy atom. The van der Waals surface area contributed by atoms with Crippen molar-refractivity contribution in [2.45, 2.75) is 18.4 Å². The maximum atomic E-state index is 13.8. The molecule has 6 rings (SSSR count). The van der Waals surface area contributed by atoms with E-state index in [-0.39, 0.29) is 18.2 Å². The van der Waals surface area contributed by atoms with Crippen LogP contribution in [0.15, 0.2) is 77.7 Å². The summed E-state index contributed by atoms with van der Waals surface area (Å²) in [7, 11) is -3.78. The summed E-state index contributed by atoms with van der Waals surface area (Å²) in [6.45, 7) is 2.34. The molecule has 0 N–H and O–H groups in total. The number of hydrogen-bond donors (Lipinski definition) is 0. The molecule has 4 aromatic rings. The molecule has 31 heavy (non-hydrogen) atoms. The van der Waals surface area contributed by atoms with E-state index in [2.05, 4.69) is 0 Å². The van der Waals surface area contributed by atoms with Gasteiger partial charge in [-0.25, -0.2) is 8.42 Å². The number of benzene rings is 4. The van der Waals surface area contributed by atoms with Crippen LogP contribution >= 0.6 is 0 Å². The molecule has 0 unspecified atom stereocenters. The second-order valence-electron chi connectivity index (χ2n) is 7.87. The highest BCUT2D eigenvalue weighted by Crippen LogP contribution is 2.49. The Hall–Kier alpha value is -3.51. The largest absolute Gasteiger partial charge is 0.454 e. The Morgan fingerprint density at radius 3 is 2.39 bits per heavy atom. The first-order valence-electron chi connectivity index (χ1n) is 10.1. The van der Waals surface area contributed by atoms with Crippen molar-refractivity contribution in [3.63, 3.8) is 0 Å². The molecular formula is C25H19NO4S. The van der Waals surface area contributed by atoms with Crippen LogP contribution in [-0.2, 0) is 16.6 Å². The fourth-order valence-corrected chi connectivity index (χ4v) is 5.86. The molecule has 0 aromatic heterocycles. The molecule has 5 nitrogen and oxygen atoms in total. The van der Waals surface area contributed by atoms with E-state index in [1.54, 1.807) is 12.1 Å². The third kappa shape index (κ3) is 2.72. The van der Waals surface area contributed by atoms with Crippen LogP contribution in [0.1, 0.15) is 11.1 Å². The second-order valence-corrected chi connectivity index (χ2v) is 9.73. The number of aryl methyl sites for hydroxylation is 1. The second kappa shape index (κ2) is 6.49. The van der Waals surface area contributed by atoms with Crippen LogP contribution in [-0.4, -0.2) is 15.2 Å². The smallest absolute Gasteiger partial charge is 0.264 e. The van der Waals surface area contributed by atoms with Gasteiger partial charge in [0.1, 0.15) is 0 Å². The molecular weight excluding hydrogens is 410 g/mol. The van der Waals surface area contributed by atoms with Crippen molar-refractivity contribution >= 4 is 26.5 Å². The van der Waals surface area contributed by atoms with Crippen molar-refractivity contribution in [3.05, 3.63) is 83.9 Å². The molecule has 0 saturated carbocycles. The first-order valence-corrected chi connectivity index (χ1v) is 11.5. The van der Waals surface area contributed by atoms with Crippen molar-refractivity contribution in [3.8, 4) is 22.6 Å². The highest BCUT2D eigenvalue weighted by molar-refractivity contribution is 7.92. The first-order chi connectivity index (χ1) is 15.0. The molecule has 0 radical (unpaired) electrons. The molecule has 0 spiro atoms. The topological polar surface area (TPSA) is 55.8 Å². The molecule has 2 aliphatic rings. The van der Waals surface area contributed by atoms with Crippen LogP contribution in [0, 0.1) is 6.92 Å². The van der Waals surface area contributed by atoms with E-state index in [1.807, 2.05) is 67.6 Å². The normalized spacial score (nSPS) is 14.4. The maximum Gasteiger partial charge on any atom is 0.264 e. The van der Waals surface area contributed by atoms with Gasteiger partial charge in [-0.3, -0.25) is 4.31 Å². The molecule has 154 valence electrons. The highest BCUT2D eigenvalue weighted by atomic mass is 32.2. The summed E-state index contributed by atoms with van der Waals surface area (Å²) in [5.41, 5.74) is 4.45. The summed E-state index contributed by atoms with van der Waals surface area (Å²) in [4.78, 5) is 0.279.